The summed E-state index contributed by atoms with van der Waals surface area (Å²) in [5.41, 5.74) is -1.29. The topological polar surface area (TPSA) is 99.2 Å². The second kappa shape index (κ2) is 11.4. The van der Waals surface area contributed by atoms with E-state index >= 15 is 0 Å². The van der Waals surface area contributed by atoms with Gasteiger partial charge in [0.1, 0.15) is 11.5 Å². The van der Waals surface area contributed by atoms with E-state index in [0.29, 0.717) is 36.8 Å². The summed E-state index contributed by atoms with van der Waals surface area (Å²) in [6.07, 6.45) is 0.924. The van der Waals surface area contributed by atoms with E-state index in [0.717, 1.165) is 14.5 Å². The van der Waals surface area contributed by atoms with Gasteiger partial charge in [0.25, 0.3) is 5.91 Å². The minimum atomic E-state index is -1.46. The third kappa shape index (κ3) is 5.97. The Hall–Kier alpha value is -2.56. The molecular weight excluding hydrogens is 610 g/mol. The van der Waals surface area contributed by atoms with Gasteiger partial charge in [-0.15, -0.1) is 0 Å². The number of amides is 1. The Labute approximate surface area is 232 Å². The number of fused-ring (bicyclic) bond motifs is 2. The lowest BCUT2D eigenvalue weighted by atomic mass is 9.88. The zero-order valence-electron chi connectivity index (χ0n) is 21.4. The van der Waals surface area contributed by atoms with Gasteiger partial charge in [-0.3, -0.25) is 19.2 Å². The quantitative estimate of drug-likeness (QED) is 0.329. The van der Waals surface area contributed by atoms with Crippen LogP contribution in [0.4, 0.5) is 5.69 Å². The number of hydrogen-bond acceptors (Lipinski definition) is 7. The van der Waals surface area contributed by atoms with E-state index in [2.05, 4.69) is 31.9 Å². The van der Waals surface area contributed by atoms with Crippen molar-refractivity contribution in [3.05, 3.63) is 50.9 Å². The van der Waals surface area contributed by atoms with E-state index in [1.54, 1.807) is 24.1 Å². The molecule has 0 saturated heterocycles. The third-order valence-electron chi connectivity index (χ3n) is 6.47. The van der Waals surface area contributed by atoms with Gasteiger partial charge in [0.05, 0.1) is 5.69 Å². The number of methoxy groups -OCH3 is 1. The number of rotatable bonds is 6. The number of Topliss-reactive ketones (excluding diaryl/α,β-unsaturated/α-hetero) is 3. The molecule has 2 atom stereocenters. The normalized spacial score (nSPS) is 22.1. The minimum absolute atomic E-state index is 0.189. The van der Waals surface area contributed by atoms with E-state index in [9.17, 15) is 19.2 Å². The number of anilines is 1. The Balaban J connectivity index is 0.000000213. The maximum Gasteiger partial charge on any atom is 0.278 e. The van der Waals surface area contributed by atoms with Crippen molar-refractivity contribution in [3.8, 4) is 11.5 Å². The number of nitrogens with zero attached hydrogens (tertiary/aromatic N) is 1. The summed E-state index contributed by atoms with van der Waals surface area (Å²) in [7, 11) is 1.62. The number of ketones is 3. The van der Waals surface area contributed by atoms with Crippen LogP contribution in [-0.4, -0.2) is 54.7 Å². The van der Waals surface area contributed by atoms with Gasteiger partial charge in [-0.25, -0.2) is 0 Å². The van der Waals surface area contributed by atoms with Crippen LogP contribution in [0.5, 0.6) is 11.5 Å². The predicted octanol–water partition coefficient (Wildman–Crippen LogP) is 4.86. The summed E-state index contributed by atoms with van der Waals surface area (Å²) in [4.78, 5) is 49.5. The molecule has 1 amide bonds. The molecule has 2 aliphatic heterocycles. The van der Waals surface area contributed by atoms with Gasteiger partial charge in [0, 0.05) is 41.2 Å². The number of carbonyl (C=O) groups excluding carboxylic acids is 4. The van der Waals surface area contributed by atoms with Crippen molar-refractivity contribution < 1.29 is 33.4 Å². The molecule has 37 heavy (non-hydrogen) atoms. The van der Waals surface area contributed by atoms with Crippen molar-refractivity contribution >= 4 is 60.8 Å². The summed E-state index contributed by atoms with van der Waals surface area (Å²) < 4.78 is 18.0. The molecule has 0 spiro atoms. The van der Waals surface area contributed by atoms with Gasteiger partial charge >= 0.3 is 0 Å². The standard InChI is InChI=1S/C15H18BrNO4.C12H11BrO3/c1-10(18)15(2)14(19)17(7-4-8-20-3)12-9-11(16)5-6-13(12)21-15;1-7(14)12(2)11(15)6-8-5-9(13)3-4-10(8)16-12/h5-6,9H,4,7-8H2,1-3H3;3-5H,6H2,1-2H3. The van der Waals surface area contributed by atoms with Gasteiger partial charge in [-0.05, 0) is 70.5 Å². The Morgan fingerprint density at radius 2 is 1.51 bits per heavy atom. The minimum Gasteiger partial charge on any atom is -0.472 e. The van der Waals surface area contributed by atoms with E-state index in [1.807, 2.05) is 24.3 Å². The summed E-state index contributed by atoms with van der Waals surface area (Å²) in [6.45, 7) is 6.82. The monoisotopic (exact) mass is 637 g/mol. The molecule has 4 rings (SSSR count). The Morgan fingerprint density at radius 1 is 0.946 bits per heavy atom. The highest BCUT2D eigenvalue weighted by Crippen LogP contribution is 2.40. The number of hydrogen-bond donors (Lipinski definition) is 0. The molecule has 198 valence electrons. The Kier molecular flexibility index (Phi) is 8.97. The maximum absolute atomic E-state index is 12.7. The van der Waals surface area contributed by atoms with Crippen LogP contribution in [0, 0.1) is 0 Å². The Bertz CT molecular complexity index is 1250. The van der Waals surface area contributed by atoms with Crippen molar-refractivity contribution in [2.75, 3.05) is 25.2 Å². The number of ether oxygens (including phenoxy) is 3. The maximum atomic E-state index is 12.7. The van der Waals surface area contributed by atoms with E-state index < -0.39 is 11.2 Å². The molecule has 2 aliphatic rings. The van der Waals surface area contributed by atoms with Crippen LogP contribution < -0.4 is 14.4 Å². The molecule has 0 saturated carbocycles. The first-order chi connectivity index (χ1) is 17.3. The summed E-state index contributed by atoms with van der Waals surface area (Å²) in [6, 6.07) is 10.8. The van der Waals surface area contributed by atoms with Gasteiger partial charge in [0.15, 0.2) is 17.3 Å². The molecule has 2 aromatic carbocycles. The molecule has 2 unspecified atom stereocenters. The van der Waals surface area contributed by atoms with Gasteiger partial charge < -0.3 is 19.1 Å². The second-order valence-corrected chi connectivity index (χ2v) is 11.0. The lowest BCUT2D eigenvalue weighted by Crippen LogP contribution is -2.58. The van der Waals surface area contributed by atoms with Gasteiger partial charge in [-0.2, -0.15) is 0 Å². The van der Waals surface area contributed by atoms with Crippen LogP contribution in [0.1, 0.15) is 39.7 Å². The fraction of sp³-hybridized carbons (Fsp3) is 0.407. The zero-order valence-corrected chi connectivity index (χ0v) is 24.5. The van der Waals surface area contributed by atoms with Crippen LogP contribution in [0.15, 0.2) is 45.3 Å². The summed E-state index contributed by atoms with van der Waals surface area (Å²) in [5, 5.41) is 0. The summed E-state index contributed by atoms with van der Waals surface area (Å²) in [5.74, 6) is 0.0552. The molecule has 0 N–H and O–H groups in total. The lowest BCUT2D eigenvalue weighted by Gasteiger charge is -2.39. The van der Waals surface area contributed by atoms with Crippen molar-refractivity contribution in [2.45, 2.75) is 51.7 Å². The predicted molar refractivity (Wildman–Crippen MR) is 145 cm³/mol. The highest BCUT2D eigenvalue weighted by molar-refractivity contribution is 9.10. The molecule has 8 nitrogen and oxygen atoms in total. The molecule has 2 heterocycles. The fourth-order valence-electron chi connectivity index (χ4n) is 3.90. The first-order valence-electron chi connectivity index (χ1n) is 11.7. The van der Waals surface area contributed by atoms with Crippen molar-refractivity contribution in [3.63, 3.8) is 0 Å². The molecule has 0 aliphatic carbocycles. The zero-order chi connectivity index (χ0) is 27.5. The average molecular weight is 639 g/mol. The highest BCUT2D eigenvalue weighted by Gasteiger charge is 2.48. The number of benzene rings is 2. The van der Waals surface area contributed by atoms with E-state index in [4.69, 9.17) is 14.2 Å². The molecule has 0 bridgehead atoms. The SMILES string of the molecule is CC(=O)C1(C)Oc2ccc(Br)cc2CC1=O.COCCCN1C(=O)C(C)(C(C)=O)Oc2ccc(Br)cc21. The van der Waals surface area contributed by atoms with E-state index in [1.165, 1.54) is 27.7 Å². The van der Waals surface area contributed by atoms with Crippen LogP contribution in [0.25, 0.3) is 0 Å². The molecule has 10 heteroatoms. The number of carbonyl (C=O) groups is 4. The summed E-state index contributed by atoms with van der Waals surface area (Å²) >= 11 is 6.73. The smallest absolute Gasteiger partial charge is 0.278 e. The number of halogens is 2. The van der Waals surface area contributed by atoms with Crippen molar-refractivity contribution in [2.24, 2.45) is 0 Å². The van der Waals surface area contributed by atoms with Crippen LogP contribution in [-0.2, 0) is 30.3 Å². The fourth-order valence-corrected chi connectivity index (χ4v) is 4.66. The third-order valence-corrected chi connectivity index (χ3v) is 7.46. The lowest BCUT2D eigenvalue weighted by molar-refractivity contribution is -0.147. The van der Waals surface area contributed by atoms with Gasteiger partial charge in [-0.1, -0.05) is 31.9 Å². The first-order valence-corrected chi connectivity index (χ1v) is 13.2. The second-order valence-electron chi connectivity index (χ2n) is 9.15. The Morgan fingerprint density at radius 3 is 2.11 bits per heavy atom. The molecule has 2 aromatic rings. The molecule has 0 aromatic heterocycles. The first kappa shape index (κ1) is 29.0. The van der Waals surface area contributed by atoms with Gasteiger partial charge in [0.2, 0.25) is 11.2 Å². The average Bonchev–Trinajstić information content (AvgIpc) is 2.83. The molecular formula is C27H29Br2NO7. The van der Waals surface area contributed by atoms with Crippen molar-refractivity contribution in [1.82, 2.24) is 0 Å². The van der Waals surface area contributed by atoms with Crippen LogP contribution in [0.2, 0.25) is 0 Å². The van der Waals surface area contributed by atoms with E-state index in [-0.39, 0.29) is 29.7 Å². The van der Waals surface area contributed by atoms with Crippen LogP contribution >= 0.6 is 31.9 Å². The van der Waals surface area contributed by atoms with Crippen LogP contribution in [0.3, 0.4) is 0 Å². The largest absolute Gasteiger partial charge is 0.472 e. The highest BCUT2D eigenvalue weighted by atomic mass is 79.9. The molecule has 0 fully saturated rings. The molecule has 0 radical (unpaired) electrons. The van der Waals surface area contributed by atoms with Crippen molar-refractivity contribution in [1.29, 1.82) is 0 Å².